The van der Waals surface area contributed by atoms with E-state index in [1.54, 1.807) is 60.9 Å². The number of carbonyl (C=O) groups is 2. The minimum atomic E-state index is -0.924. The molecule has 202 valence electrons. The van der Waals surface area contributed by atoms with Crippen LogP contribution in [-0.4, -0.2) is 38.9 Å². The number of phenolic OH excluding ortho intramolecular Hbond substituents is 1. The minimum absolute atomic E-state index is 0.0600. The van der Waals surface area contributed by atoms with Crippen LogP contribution in [0.1, 0.15) is 33.9 Å². The fraction of sp³-hybridized carbons (Fsp3) is 0.156. The van der Waals surface area contributed by atoms with Crippen molar-refractivity contribution in [1.82, 2.24) is 9.88 Å². The maximum absolute atomic E-state index is 13.4. The number of phenols is 1. The van der Waals surface area contributed by atoms with Crippen molar-refractivity contribution in [2.75, 3.05) is 7.11 Å². The first-order valence-electron chi connectivity index (χ1n) is 12.7. The lowest BCUT2D eigenvalue weighted by atomic mass is 9.95. The molecule has 1 aromatic heterocycles. The quantitative estimate of drug-likeness (QED) is 0.179. The Bertz CT molecular complexity index is 1580. The van der Waals surface area contributed by atoms with E-state index in [1.807, 2.05) is 31.2 Å². The molecule has 0 bridgehead atoms. The number of likely N-dealkylation sites (tertiary alicyclic amines) is 1. The molecule has 0 aliphatic carbocycles. The summed E-state index contributed by atoms with van der Waals surface area (Å²) in [5.74, 6) is -1.18. The van der Waals surface area contributed by atoms with Gasteiger partial charge in [-0.25, -0.2) is 0 Å². The lowest BCUT2D eigenvalue weighted by Crippen LogP contribution is -2.29. The number of aryl methyl sites for hydroxylation is 1. The molecular formula is C32H28N2O6. The van der Waals surface area contributed by atoms with E-state index in [1.165, 1.54) is 18.1 Å². The number of methoxy groups -OCH3 is 1. The second-order valence-corrected chi connectivity index (χ2v) is 9.46. The van der Waals surface area contributed by atoms with Crippen molar-refractivity contribution in [3.8, 4) is 17.2 Å². The number of nitrogens with zero attached hydrogens (tertiary/aromatic N) is 2. The Morgan fingerprint density at radius 3 is 2.48 bits per heavy atom. The molecule has 1 fully saturated rings. The highest BCUT2D eigenvalue weighted by Gasteiger charge is 2.46. The number of rotatable bonds is 8. The van der Waals surface area contributed by atoms with E-state index >= 15 is 0 Å². The number of pyridine rings is 1. The zero-order valence-corrected chi connectivity index (χ0v) is 22.1. The molecule has 4 aromatic rings. The van der Waals surface area contributed by atoms with Crippen LogP contribution in [0.2, 0.25) is 0 Å². The third kappa shape index (κ3) is 5.24. The van der Waals surface area contributed by atoms with Crippen molar-refractivity contribution >= 4 is 17.4 Å². The second-order valence-electron chi connectivity index (χ2n) is 9.46. The maximum atomic E-state index is 13.4. The molecule has 0 radical (unpaired) electrons. The predicted molar refractivity (Wildman–Crippen MR) is 149 cm³/mol. The van der Waals surface area contributed by atoms with Crippen LogP contribution in [0, 0.1) is 6.92 Å². The fourth-order valence-corrected chi connectivity index (χ4v) is 4.74. The van der Waals surface area contributed by atoms with Gasteiger partial charge in [-0.2, -0.15) is 0 Å². The number of aromatic nitrogens is 1. The first kappa shape index (κ1) is 26.5. The van der Waals surface area contributed by atoms with Gasteiger partial charge in [-0.05, 0) is 71.6 Å². The molecule has 5 rings (SSSR count). The van der Waals surface area contributed by atoms with Crippen molar-refractivity contribution in [2.45, 2.75) is 26.1 Å². The number of hydrogen-bond donors (Lipinski definition) is 2. The highest BCUT2D eigenvalue weighted by atomic mass is 16.5. The summed E-state index contributed by atoms with van der Waals surface area (Å²) in [6.45, 7) is 2.50. The van der Waals surface area contributed by atoms with Crippen molar-refractivity contribution < 1.29 is 29.3 Å². The molecule has 8 nitrogen and oxygen atoms in total. The van der Waals surface area contributed by atoms with Gasteiger partial charge in [0.2, 0.25) is 0 Å². The van der Waals surface area contributed by atoms with Crippen molar-refractivity contribution in [3.05, 3.63) is 125 Å². The largest absolute Gasteiger partial charge is 0.507 e. The first-order valence-corrected chi connectivity index (χ1v) is 12.7. The van der Waals surface area contributed by atoms with Crippen molar-refractivity contribution in [1.29, 1.82) is 0 Å². The number of aliphatic hydroxyl groups is 1. The monoisotopic (exact) mass is 536 g/mol. The molecule has 0 unspecified atom stereocenters. The summed E-state index contributed by atoms with van der Waals surface area (Å²) >= 11 is 0. The zero-order valence-electron chi connectivity index (χ0n) is 22.1. The highest BCUT2D eigenvalue weighted by Crippen LogP contribution is 2.42. The summed E-state index contributed by atoms with van der Waals surface area (Å²) in [5.41, 5.74) is 3.70. The van der Waals surface area contributed by atoms with Gasteiger partial charge in [-0.15, -0.1) is 0 Å². The van der Waals surface area contributed by atoms with Crippen LogP contribution in [0.15, 0.2) is 96.8 Å². The Labute approximate surface area is 231 Å². The van der Waals surface area contributed by atoms with Crippen LogP contribution in [0.4, 0.5) is 0 Å². The molecule has 1 saturated heterocycles. The molecule has 0 spiro atoms. The van der Waals surface area contributed by atoms with Gasteiger partial charge in [-0.1, -0.05) is 36.4 Å². The van der Waals surface area contributed by atoms with Crippen molar-refractivity contribution in [2.24, 2.45) is 0 Å². The summed E-state index contributed by atoms with van der Waals surface area (Å²) in [5, 5.41) is 21.5. The fourth-order valence-electron chi connectivity index (χ4n) is 4.74. The number of carbonyl (C=O) groups excluding carboxylic acids is 2. The molecular weight excluding hydrogens is 508 g/mol. The van der Waals surface area contributed by atoms with Gasteiger partial charge < -0.3 is 24.6 Å². The Kier molecular flexibility index (Phi) is 7.50. The van der Waals surface area contributed by atoms with Gasteiger partial charge in [0.1, 0.15) is 18.1 Å². The molecule has 0 saturated carbocycles. The summed E-state index contributed by atoms with van der Waals surface area (Å²) in [7, 11) is 1.41. The van der Waals surface area contributed by atoms with E-state index in [0.29, 0.717) is 23.5 Å². The van der Waals surface area contributed by atoms with Gasteiger partial charge in [0.05, 0.1) is 18.7 Å². The Morgan fingerprint density at radius 2 is 1.77 bits per heavy atom. The van der Waals surface area contributed by atoms with E-state index in [-0.39, 0.29) is 29.4 Å². The first-order chi connectivity index (χ1) is 19.4. The standard InChI is InChI=1S/C32H28N2O6/c1-20-6-3-4-8-24(20)19-40-25-12-9-22(10-13-25)30(36)28-29(23-11-14-26(35)27(16-23)39-2)34(32(38)31(28)37)18-21-7-5-15-33-17-21/h3-17,29,35-36H,18-19H2,1-2H3/b30-28+/t29-/m1/s1. The third-order valence-electron chi connectivity index (χ3n) is 6.92. The summed E-state index contributed by atoms with van der Waals surface area (Å²) in [6.07, 6.45) is 3.23. The zero-order chi connectivity index (χ0) is 28.2. The number of aliphatic hydroxyl groups excluding tert-OH is 1. The number of ketones is 1. The van der Waals surface area contributed by atoms with Crippen LogP contribution in [0.25, 0.3) is 5.76 Å². The number of aromatic hydroxyl groups is 1. The molecule has 2 heterocycles. The maximum Gasteiger partial charge on any atom is 0.295 e. The van der Waals surface area contributed by atoms with E-state index in [4.69, 9.17) is 9.47 Å². The van der Waals surface area contributed by atoms with Crippen LogP contribution >= 0.6 is 0 Å². The Morgan fingerprint density at radius 1 is 1.00 bits per heavy atom. The highest BCUT2D eigenvalue weighted by molar-refractivity contribution is 6.46. The topological polar surface area (TPSA) is 109 Å². The minimum Gasteiger partial charge on any atom is -0.507 e. The van der Waals surface area contributed by atoms with Crippen molar-refractivity contribution in [3.63, 3.8) is 0 Å². The van der Waals surface area contributed by atoms with Crippen LogP contribution in [0.3, 0.4) is 0 Å². The second kappa shape index (κ2) is 11.3. The van der Waals surface area contributed by atoms with E-state index in [9.17, 15) is 19.8 Å². The average molecular weight is 537 g/mol. The number of amides is 1. The summed E-state index contributed by atoms with van der Waals surface area (Å²) in [4.78, 5) is 32.1. The Balaban J connectivity index is 1.51. The van der Waals surface area contributed by atoms with Crippen LogP contribution in [-0.2, 0) is 22.7 Å². The molecule has 40 heavy (non-hydrogen) atoms. The van der Waals surface area contributed by atoms with E-state index in [2.05, 4.69) is 4.98 Å². The molecule has 2 N–H and O–H groups in total. The van der Waals surface area contributed by atoms with E-state index in [0.717, 1.165) is 16.7 Å². The number of Topliss-reactive ketones (excluding diaryl/α,β-unsaturated/α-hetero) is 1. The Hall–Kier alpha value is -5.11. The van der Waals surface area contributed by atoms with E-state index < -0.39 is 17.7 Å². The van der Waals surface area contributed by atoms with Gasteiger partial charge in [0.25, 0.3) is 11.7 Å². The average Bonchev–Trinajstić information content (AvgIpc) is 3.22. The SMILES string of the molecule is COc1cc([C@@H]2/C(=C(\O)c3ccc(OCc4ccccc4C)cc3)C(=O)C(=O)N2Cc2cccnc2)ccc1O. The predicted octanol–water partition coefficient (Wildman–Crippen LogP) is 5.31. The lowest BCUT2D eigenvalue weighted by molar-refractivity contribution is -0.140. The number of hydrogen-bond acceptors (Lipinski definition) is 7. The van der Waals surface area contributed by atoms with Gasteiger partial charge in [0.15, 0.2) is 11.5 Å². The number of benzene rings is 3. The molecule has 1 aliphatic rings. The third-order valence-corrected chi connectivity index (χ3v) is 6.92. The number of ether oxygens (including phenoxy) is 2. The normalized spacial score (nSPS) is 16.2. The molecule has 1 atom stereocenters. The molecule has 1 aliphatic heterocycles. The molecule has 1 amide bonds. The smallest absolute Gasteiger partial charge is 0.295 e. The summed E-state index contributed by atoms with van der Waals surface area (Å²) < 4.78 is 11.2. The van der Waals surface area contributed by atoms with Gasteiger partial charge in [0, 0.05) is 24.5 Å². The van der Waals surface area contributed by atoms with Crippen LogP contribution in [0.5, 0.6) is 17.2 Å². The van der Waals surface area contributed by atoms with Gasteiger partial charge >= 0.3 is 0 Å². The molecule has 3 aromatic carbocycles. The summed E-state index contributed by atoms with van der Waals surface area (Å²) in [6, 6.07) is 21.8. The molecule has 8 heteroatoms. The van der Waals surface area contributed by atoms with Gasteiger partial charge in [-0.3, -0.25) is 14.6 Å². The lowest BCUT2D eigenvalue weighted by Gasteiger charge is -2.25. The van der Waals surface area contributed by atoms with Crippen LogP contribution < -0.4 is 9.47 Å².